The standard InChI is InChI=1S/C16H23NO/c1-10-6-11(2)15(12(3)7-10)9-16(18)13-4-5-14(17)8-13/h6-7,13-14H,4-5,8-9,17H2,1-3H3. The summed E-state index contributed by atoms with van der Waals surface area (Å²) in [7, 11) is 0. The van der Waals surface area contributed by atoms with Crippen molar-refractivity contribution in [2.75, 3.05) is 0 Å². The molecule has 0 aliphatic heterocycles. The van der Waals surface area contributed by atoms with E-state index in [2.05, 4.69) is 32.9 Å². The Morgan fingerprint density at radius 3 is 2.33 bits per heavy atom. The van der Waals surface area contributed by atoms with Crippen LogP contribution in [0.3, 0.4) is 0 Å². The third-order valence-corrected chi connectivity index (χ3v) is 4.12. The van der Waals surface area contributed by atoms with Crippen LogP contribution in [0.25, 0.3) is 0 Å². The smallest absolute Gasteiger partial charge is 0.140 e. The molecule has 2 N–H and O–H groups in total. The molecule has 1 aromatic carbocycles. The third kappa shape index (κ3) is 2.81. The second kappa shape index (κ2) is 5.23. The van der Waals surface area contributed by atoms with Crippen LogP contribution in [0.4, 0.5) is 0 Å². The molecular formula is C16H23NO. The summed E-state index contributed by atoms with van der Waals surface area (Å²) < 4.78 is 0. The van der Waals surface area contributed by atoms with Crippen molar-refractivity contribution in [3.05, 3.63) is 34.4 Å². The van der Waals surface area contributed by atoms with E-state index in [-0.39, 0.29) is 12.0 Å². The minimum atomic E-state index is 0.195. The lowest BCUT2D eigenvalue weighted by Crippen LogP contribution is -2.19. The molecule has 1 aliphatic rings. The quantitative estimate of drug-likeness (QED) is 0.889. The average Bonchev–Trinajstić information content (AvgIpc) is 2.70. The minimum absolute atomic E-state index is 0.195. The molecule has 0 spiro atoms. The maximum absolute atomic E-state index is 12.3. The highest BCUT2D eigenvalue weighted by atomic mass is 16.1. The van der Waals surface area contributed by atoms with E-state index in [1.807, 2.05) is 0 Å². The maximum atomic E-state index is 12.3. The summed E-state index contributed by atoms with van der Waals surface area (Å²) in [6.07, 6.45) is 3.43. The summed E-state index contributed by atoms with van der Waals surface area (Å²) in [6, 6.07) is 4.56. The van der Waals surface area contributed by atoms with E-state index in [1.165, 1.54) is 22.3 Å². The zero-order valence-electron chi connectivity index (χ0n) is 11.6. The van der Waals surface area contributed by atoms with Crippen LogP contribution < -0.4 is 5.73 Å². The van der Waals surface area contributed by atoms with Crippen LogP contribution in [0.2, 0.25) is 0 Å². The maximum Gasteiger partial charge on any atom is 0.140 e. The summed E-state index contributed by atoms with van der Waals surface area (Å²) in [5.74, 6) is 0.568. The third-order valence-electron chi connectivity index (χ3n) is 4.12. The molecule has 2 rings (SSSR count). The van der Waals surface area contributed by atoms with Gasteiger partial charge in [-0.1, -0.05) is 17.7 Å². The molecule has 2 atom stereocenters. The molecule has 1 fully saturated rings. The molecule has 0 heterocycles. The second-order valence-electron chi connectivity index (χ2n) is 5.79. The molecule has 1 aromatic rings. The summed E-state index contributed by atoms with van der Waals surface area (Å²) in [5.41, 5.74) is 10.8. The molecule has 18 heavy (non-hydrogen) atoms. The average molecular weight is 245 g/mol. The number of ketones is 1. The molecule has 0 radical (unpaired) electrons. The van der Waals surface area contributed by atoms with Crippen LogP contribution >= 0.6 is 0 Å². The van der Waals surface area contributed by atoms with Gasteiger partial charge < -0.3 is 5.73 Å². The van der Waals surface area contributed by atoms with E-state index in [9.17, 15) is 4.79 Å². The molecule has 1 aliphatic carbocycles. The number of rotatable bonds is 3. The normalized spacial score (nSPS) is 23.3. The lowest BCUT2D eigenvalue weighted by atomic mass is 9.91. The largest absolute Gasteiger partial charge is 0.328 e. The highest BCUT2D eigenvalue weighted by Crippen LogP contribution is 2.27. The number of carbonyl (C=O) groups excluding carboxylic acids is 1. The van der Waals surface area contributed by atoms with E-state index < -0.39 is 0 Å². The van der Waals surface area contributed by atoms with Gasteiger partial charge in [-0.3, -0.25) is 4.79 Å². The molecule has 98 valence electrons. The fourth-order valence-corrected chi connectivity index (χ4v) is 3.12. The first-order valence-electron chi connectivity index (χ1n) is 6.82. The number of hydrogen-bond donors (Lipinski definition) is 1. The van der Waals surface area contributed by atoms with Crippen LogP contribution in [0.15, 0.2) is 12.1 Å². The number of nitrogens with two attached hydrogens (primary N) is 1. The van der Waals surface area contributed by atoms with Crippen molar-refractivity contribution in [1.29, 1.82) is 0 Å². The second-order valence-corrected chi connectivity index (χ2v) is 5.79. The van der Waals surface area contributed by atoms with Crippen molar-refractivity contribution >= 4 is 5.78 Å². The van der Waals surface area contributed by atoms with Crippen LogP contribution in [0, 0.1) is 26.7 Å². The van der Waals surface area contributed by atoms with Crippen molar-refractivity contribution in [2.45, 2.75) is 52.5 Å². The number of aryl methyl sites for hydroxylation is 3. The highest BCUT2D eigenvalue weighted by Gasteiger charge is 2.27. The van der Waals surface area contributed by atoms with Crippen LogP contribution in [0.1, 0.15) is 41.5 Å². The van der Waals surface area contributed by atoms with Gasteiger partial charge in [0.1, 0.15) is 5.78 Å². The molecule has 0 aromatic heterocycles. The van der Waals surface area contributed by atoms with Crippen molar-refractivity contribution in [3.63, 3.8) is 0 Å². The predicted molar refractivity (Wildman–Crippen MR) is 74.7 cm³/mol. The Morgan fingerprint density at radius 2 is 1.83 bits per heavy atom. The Hall–Kier alpha value is -1.15. The fourth-order valence-electron chi connectivity index (χ4n) is 3.12. The highest BCUT2D eigenvalue weighted by molar-refractivity contribution is 5.84. The molecule has 1 saturated carbocycles. The number of Topliss-reactive ketones (excluding diaryl/α,β-unsaturated/α-hetero) is 1. The van der Waals surface area contributed by atoms with Gasteiger partial charge >= 0.3 is 0 Å². The van der Waals surface area contributed by atoms with Crippen LogP contribution in [-0.2, 0) is 11.2 Å². The van der Waals surface area contributed by atoms with Gasteiger partial charge in [0.25, 0.3) is 0 Å². The van der Waals surface area contributed by atoms with Gasteiger partial charge in [0.2, 0.25) is 0 Å². The first-order chi connectivity index (χ1) is 8.47. The summed E-state index contributed by atoms with van der Waals surface area (Å²) >= 11 is 0. The Kier molecular flexibility index (Phi) is 3.86. The number of carbonyl (C=O) groups is 1. The molecule has 2 heteroatoms. The van der Waals surface area contributed by atoms with E-state index >= 15 is 0 Å². The van der Waals surface area contributed by atoms with Gasteiger partial charge in [-0.15, -0.1) is 0 Å². The lowest BCUT2D eigenvalue weighted by molar-refractivity contribution is -0.122. The van der Waals surface area contributed by atoms with Gasteiger partial charge in [0.15, 0.2) is 0 Å². The topological polar surface area (TPSA) is 43.1 Å². The van der Waals surface area contributed by atoms with Crippen molar-refractivity contribution in [2.24, 2.45) is 11.7 Å². The first-order valence-corrected chi connectivity index (χ1v) is 6.82. The van der Waals surface area contributed by atoms with Crippen molar-refractivity contribution < 1.29 is 4.79 Å². The zero-order valence-corrected chi connectivity index (χ0v) is 11.6. The Labute approximate surface area is 110 Å². The fraction of sp³-hybridized carbons (Fsp3) is 0.562. The molecular weight excluding hydrogens is 222 g/mol. The van der Waals surface area contributed by atoms with Crippen LogP contribution in [0.5, 0.6) is 0 Å². The van der Waals surface area contributed by atoms with E-state index in [4.69, 9.17) is 5.73 Å². The molecule has 2 nitrogen and oxygen atoms in total. The van der Waals surface area contributed by atoms with E-state index in [1.54, 1.807) is 0 Å². The van der Waals surface area contributed by atoms with Gasteiger partial charge in [0.05, 0.1) is 0 Å². The van der Waals surface area contributed by atoms with E-state index in [0.29, 0.717) is 12.2 Å². The minimum Gasteiger partial charge on any atom is -0.328 e. The Bertz CT molecular complexity index is 441. The van der Waals surface area contributed by atoms with Gasteiger partial charge in [-0.2, -0.15) is 0 Å². The van der Waals surface area contributed by atoms with E-state index in [0.717, 1.165) is 19.3 Å². The summed E-state index contributed by atoms with van der Waals surface area (Å²) in [5, 5.41) is 0. The van der Waals surface area contributed by atoms with Gasteiger partial charge in [0, 0.05) is 18.4 Å². The monoisotopic (exact) mass is 245 g/mol. The molecule has 0 amide bonds. The first kappa shape index (κ1) is 13.3. The van der Waals surface area contributed by atoms with Crippen LogP contribution in [-0.4, -0.2) is 11.8 Å². The number of benzene rings is 1. The summed E-state index contributed by atoms with van der Waals surface area (Å²) in [6.45, 7) is 6.30. The van der Waals surface area contributed by atoms with Crippen molar-refractivity contribution in [1.82, 2.24) is 0 Å². The van der Waals surface area contributed by atoms with Crippen molar-refractivity contribution in [3.8, 4) is 0 Å². The lowest BCUT2D eigenvalue weighted by Gasteiger charge is -2.13. The summed E-state index contributed by atoms with van der Waals surface area (Å²) in [4.78, 5) is 12.3. The molecule has 0 bridgehead atoms. The molecule has 2 unspecified atom stereocenters. The Morgan fingerprint density at radius 1 is 1.22 bits per heavy atom. The predicted octanol–water partition coefficient (Wildman–Crippen LogP) is 2.85. The Balaban J connectivity index is 2.12. The molecule has 0 saturated heterocycles. The number of hydrogen-bond acceptors (Lipinski definition) is 2. The van der Waals surface area contributed by atoms with Gasteiger partial charge in [-0.25, -0.2) is 0 Å². The SMILES string of the molecule is Cc1cc(C)c(CC(=O)C2CCC(N)C2)c(C)c1. The zero-order chi connectivity index (χ0) is 13.3. The van der Waals surface area contributed by atoms with Gasteiger partial charge in [-0.05, 0) is 56.7 Å².